The molecule has 0 aromatic carbocycles. The van der Waals surface area contributed by atoms with Crippen molar-refractivity contribution in [2.45, 2.75) is 32.4 Å². The van der Waals surface area contributed by atoms with Crippen LogP contribution in [0.15, 0.2) is 23.7 Å². The Morgan fingerprint density at radius 2 is 2.29 bits per heavy atom. The van der Waals surface area contributed by atoms with Crippen molar-refractivity contribution >= 4 is 23.2 Å². The highest BCUT2D eigenvalue weighted by Gasteiger charge is 2.30. The van der Waals surface area contributed by atoms with Crippen LogP contribution in [0.4, 0.5) is 10.6 Å². The second kappa shape index (κ2) is 7.36. The first-order valence-electron chi connectivity index (χ1n) is 8.40. The number of nitrogens with one attached hydrogen (secondary N) is 1. The van der Waals surface area contributed by atoms with Crippen molar-refractivity contribution < 1.29 is 4.79 Å². The normalized spacial score (nSPS) is 17.2. The third-order valence-electron chi connectivity index (χ3n) is 4.39. The molecule has 2 aromatic heterocycles. The van der Waals surface area contributed by atoms with Gasteiger partial charge in [-0.15, -0.1) is 11.3 Å². The molecular formula is C17H25N5OS. The third-order valence-corrected chi connectivity index (χ3v) is 5.39. The Morgan fingerprint density at radius 1 is 1.46 bits per heavy atom. The van der Waals surface area contributed by atoms with E-state index in [1.807, 2.05) is 35.9 Å². The van der Waals surface area contributed by atoms with Crippen LogP contribution in [0.3, 0.4) is 0 Å². The van der Waals surface area contributed by atoms with Gasteiger partial charge in [-0.05, 0) is 43.9 Å². The fraction of sp³-hybridized carbons (Fsp3) is 0.529. The first-order valence-corrected chi connectivity index (χ1v) is 9.28. The molecule has 0 fully saturated rings. The van der Waals surface area contributed by atoms with Gasteiger partial charge in [0.1, 0.15) is 0 Å². The summed E-state index contributed by atoms with van der Waals surface area (Å²) in [6.07, 6.45) is 3.77. The number of rotatable bonds is 5. The van der Waals surface area contributed by atoms with Gasteiger partial charge in [0.25, 0.3) is 0 Å². The minimum atomic E-state index is -0.0587. The van der Waals surface area contributed by atoms with E-state index >= 15 is 0 Å². The van der Waals surface area contributed by atoms with E-state index in [1.165, 1.54) is 10.4 Å². The highest BCUT2D eigenvalue weighted by Crippen LogP contribution is 2.35. The van der Waals surface area contributed by atoms with Crippen LogP contribution in [0, 0.1) is 0 Å². The molecule has 130 valence electrons. The standard InChI is InChI=1S/C17H25N5OS/c1-4-14-13-7-12-24-15(13)5-9-22(14)17(23)18-16-6-8-21(19-16)11-10-20(2)3/h6-8,12,14H,4-5,9-11H2,1-3H3,(H,18,19,23)/t14-/m1/s1. The predicted octanol–water partition coefficient (Wildman–Crippen LogP) is 3.05. The summed E-state index contributed by atoms with van der Waals surface area (Å²) in [4.78, 5) is 18.2. The maximum Gasteiger partial charge on any atom is 0.323 e. The van der Waals surface area contributed by atoms with Crippen LogP contribution in [0.1, 0.15) is 29.8 Å². The van der Waals surface area contributed by atoms with Gasteiger partial charge in [-0.1, -0.05) is 6.92 Å². The third kappa shape index (κ3) is 3.62. The highest BCUT2D eigenvalue weighted by atomic mass is 32.1. The van der Waals surface area contributed by atoms with E-state index in [9.17, 15) is 4.79 Å². The Kier molecular flexibility index (Phi) is 5.20. The second-order valence-corrected chi connectivity index (χ2v) is 7.36. The molecule has 1 N–H and O–H groups in total. The van der Waals surface area contributed by atoms with Crippen LogP contribution in [0.25, 0.3) is 0 Å². The number of urea groups is 1. The SMILES string of the molecule is CC[C@@H]1c2ccsc2CCN1C(=O)Nc1ccn(CCN(C)C)n1. The summed E-state index contributed by atoms with van der Waals surface area (Å²) in [5, 5.41) is 9.51. The first-order chi connectivity index (χ1) is 11.6. The summed E-state index contributed by atoms with van der Waals surface area (Å²) in [6.45, 7) is 4.62. The molecule has 7 heteroatoms. The monoisotopic (exact) mass is 347 g/mol. The fourth-order valence-corrected chi connectivity index (χ4v) is 4.04. The van der Waals surface area contributed by atoms with E-state index < -0.39 is 0 Å². The molecule has 3 heterocycles. The van der Waals surface area contributed by atoms with Gasteiger partial charge >= 0.3 is 6.03 Å². The Balaban J connectivity index is 1.65. The molecule has 1 aliphatic rings. The maximum absolute atomic E-state index is 12.7. The number of nitrogens with zero attached hydrogens (tertiary/aromatic N) is 4. The number of hydrogen-bond donors (Lipinski definition) is 1. The summed E-state index contributed by atoms with van der Waals surface area (Å²) in [5.41, 5.74) is 1.31. The molecule has 1 atom stereocenters. The number of aromatic nitrogens is 2. The molecule has 0 radical (unpaired) electrons. The maximum atomic E-state index is 12.7. The molecule has 2 amide bonds. The van der Waals surface area contributed by atoms with Crippen LogP contribution in [-0.4, -0.2) is 52.8 Å². The van der Waals surface area contributed by atoms with Crippen molar-refractivity contribution in [2.24, 2.45) is 0 Å². The van der Waals surface area contributed by atoms with E-state index in [2.05, 4.69) is 33.7 Å². The van der Waals surface area contributed by atoms with Crippen LogP contribution in [0.2, 0.25) is 0 Å². The van der Waals surface area contributed by atoms with Gasteiger partial charge in [0.2, 0.25) is 0 Å². The average Bonchev–Trinajstić information content (AvgIpc) is 3.20. The number of fused-ring (bicyclic) bond motifs is 1. The van der Waals surface area contributed by atoms with Gasteiger partial charge < -0.3 is 9.80 Å². The molecule has 0 bridgehead atoms. The van der Waals surface area contributed by atoms with Crippen molar-refractivity contribution in [3.63, 3.8) is 0 Å². The molecule has 0 spiro atoms. The van der Waals surface area contributed by atoms with Gasteiger partial charge in [0.15, 0.2) is 5.82 Å². The molecule has 0 aliphatic carbocycles. The zero-order chi connectivity index (χ0) is 17.1. The summed E-state index contributed by atoms with van der Waals surface area (Å²) in [5.74, 6) is 0.615. The van der Waals surface area contributed by atoms with Crippen molar-refractivity contribution in [3.05, 3.63) is 34.2 Å². The minimum absolute atomic E-state index is 0.0587. The zero-order valence-electron chi connectivity index (χ0n) is 14.5. The number of anilines is 1. The van der Waals surface area contributed by atoms with Crippen LogP contribution in [0.5, 0.6) is 0 Å². The number of thiophene rings is 1. The topological polar surface area (TPSA) is 53.4 Å². The van der Waals surface area contributed by atoms with Crippen LogP contribution in [-0.2, 0) is 13.0 Å². The summed E-state index contributed by atoms with van der Waals surface area (Å²) < 4.78 is 1.86. The van der Waals surface area contributed by atoms with Crippen LogP contribution < -0.4 is 5.32 Å². The molecule has 2 aromatic rings. The first kappa shape index (κ1) is 17.0. The lowest BCUT2D eigenvalue weighted by Gasteiger charge is -2.35. The average molecular weight is 347 g/mol. The summed E-state index contributed by atoms with van der Waals surface area (Å²) >= 11 is 1.80. The van der Waals surface area contributed by atoms with Crippen LogP contribution >= 0.6 is 11.3 Å². The van der Waals surface area contributed by atoms with Crippen molar-refractivity contribution in [1.82, 2.24) is 19.6 Å². The number of hydrogen-bond acceptors (Lipinski definition) is 4. The van der Waals surface area contributed by atoms with E-state index in [0.717, 1.165) is 32.5 Å². The Labute approximate surface area is 147 Å². The number of carbonyl (C=O) groups excluding carboxylic acids is 1. The lowest BCUT2D eigenvalue weighted by Crippen LogP contribution is -2.41. The van der Waals surface area contributed by atoms with Gasteiger partial charge in [-0.25, -0.2) is 4.79 Å². The number of likely N-dealkylation sites (N-methyl/N-ethyl adjacent to an activating group) is 1. The Hall–Kier alpha value is -1.86. The van der Waals surface area contributed by atoms with Crippen molar-refractivity contribution in [1.29, 1.82) is 0 Å². The fourth-order valence-electron chi connectivity index (χ4n) is 3.12. The molecular weight excluding hydrogens is 322 g/mol. The van der Waals surface area contributed by atoms with Gasteiger partial charge in [0, 0.05) is 30.2 Å². The van der Waals surface area contributed by atoms with E-state index in [0.29, 0.717) is 5.82 Å². The molecule has 6 nitrogen and oxygen atoms in total. The highest BCUT2D eigenvalue weighted by molar-refractivity contribution is 7.10. The molecule has 1 aliphatic heterocycles. The Bertz CT molecular complexity index is 693. The quantitative estimate of drug-likeness (QED) is 0.904. The van der Waals surface area contributed by atoms with E-state index in [-0.39, 0.29) is 12.1 Å². The summed E-state index contributed by atoms with van der Waals surface area (Å²) in [7, 11) is 4.07. The largest absolute Gasteiger partial charge is 0.323 e. The molecule has 0 unspecified atom stereocenters. The molecule has 3 rings (SSSR count). The number of carbonyl (C=O) groups is 1. The summed E-state index contributed by atoms with van der Waals surface area (Å²) in [6, 6.07) is 4.12. The van der Waals surface area contributed by atoms with E-state index in [1.54, 1.807) is 11.3 Å². The molecule has 24 heavy (non-hydrogen) atoms. The molecule has 0 saturated heterocycles. The smallest absolute Gasteiger partial charge is 0.317 e. The van der Waals surface area contributed by atoms with Crippen molar-refractivity contribution in [2.75, 3.05) is 32.5 Å². The second-order valence-electron chi connectivity index (χ2n) is 6.36. The predicted molar refractivity (Wildman–Crippen MR) is 97.6 cm³/mol. The van der Waals surface area contributed by atoms with Crippen molar-refractivity contribution in [3.8, 4) is 0 Å². The van der Waals surface area contributed by atoms with Gasteiger partial charge in [-0.3, -0.25) is 10.00 Å². The Morgan fingerprint density at radius 3 is 3.04 bits per heavy atom. The van der Waals surface area contributed by atoms with E-state index in [4.69, 9.17) is 0 Å². The number of amides is 2. The van der Waals surface area contributed by atoms with Gasteiger partial charge in [-0.2, -0.15) is 5.10 Å². The lowest BCUT2D eigenvalue weighted by atomic mass is 9.98. The molecule has 0 saturated carbocycles. The zero-order valence-corrected chi connectivity index (χ0v) is 15.3. The lowest BCUT2D eigenvalue weighted by molar-refractivity contribution is 0.181. The minimum Gasteiger partial charge on any atom is -0.317 e. The van der Waals surface area contributed by atoms with Gasteiger partial charge in [0.05, 0.1) is 12.6 Å².